The van der Waals surface area contributed by atoms with Gasteiger partial charge in [-0.2, -0.15) is 0 Å². The van der Waals surface area contributed by atoms with Crippen molar-refractivity contribution in [3.8, 4) is 11.5 Å². The first kappa shape index (κ1) is 19.5. The Morgan fingerprint density at radius 3 is 2.56 bits per heavy atom. The van der Waals surface area contributed by atoms with E-state index in [2.05, 4.69) is 26.6 Å². The first-order valence-corrected chi connectivity index (χ1v) is 8.90. The molecule has 0 heterocycles. The number of rotatable bonds is 7. The van der Waals surface area contributed by atoms with Crippen molar-refractivity contribution in [1.29, 1.82) is 0 Å². The molecule has 0 bridgehead atoms. The van der Waals surface area contributed by atoms with Gasteiger partial charge in [-0.1, -0.05) is 22.0 Å². The van der Waals surface area contributed by atoms with E-state index in [0.29, 0.717) is 35.3 Å². The molecular weight excluding hydrogens is 407 g/mol. The largest absolute Gasteiger partial charge is 0.493 e. The van der Waals surface area contributed by atoms with Crippen LogP contribution < -0.4 is 20.1 Å². The zero-order valence-corrected chi connectivity index (χ0v) is 16.5. The fourth-order valence-corrected chi connectivity index (χ4v) is 2.86. The van der Waals surface area contributed by atoms with Crippen LogP contribution >= 0.6 is 28.1 Å². The van der Waals surface area contributed by atoms with Crippen molar-refractivity contribution in [1.82, 2.24) is 10.6 Å². The van der Waals surface area contributed by atoms with Gasteiger partial charge in [-0.25, -0.2) is 4.39 Å². The summed E-state index contributed by atoms with van der Waals surface area (Å²) < 4.78 is 25.0. The number of benzene rings is 2. The summed E-state index contributed by atoms with van der Waals surface area (Å²) in [5.74, 6) is 1.14. The van der Waals surface area contributed by atoms with Crippen molar-refractivity contribution in [2.75, 3.05) is 20.8 Å². The number of thiocarbonyl (C=S) groups is 1. The molecule has 0 aliphatic rings. The predicted molar refractivity (Wildman–Crippen MR) is 105 cm³/mol. The van der Waals surface area contributed by atoms with E-state index in [9.17, 15) is 4.39 Å². The third kappa shape index (κ3) is 5.86. The van der Waals surface area contributed by atoms with E-state index in [1.165, 1.54) is 6.07 Å². The van der Waals surface area contributed by atoms with Crippen molar-refractivity contribution in [2.45, 2.75) is 13.0 Å². The van der Waals surface area contributed by atoms with Gasteiger partial charge < -0.3 is 20.1 Å². The van der Waals surface area contributed by atoms with Gasteiger partial charge in [-0.15, -0.1) is 0 Å². The van der Waals surface area contributed by atoms with Crippen LogP contribution in [0.15, 0.2) is 40.9 Å². The highest BCUT2D eigenvalue weighted by atomic mass is 79.9. The maximum Gasteiger partial charge on any atom is 0.166 e. The monoisotopic (exact) mass is 426 g/mol. The third-order valence-corrected chi connectivity index (χ3v) is 4.38. The van der Waals surface area contributed by atoms with Crippen LogP contribution in [0.25, 0.3) is 0 Å². The highest BCUT2D eigenvalue weighted by Gasteiger charge is 2.06. The normalized spacial score (nSPS) is 10.2. The van der Waals surface area contributed by atoms with Crippen molar-refractivity contribution in [3.63, 3.8) is 0 Å². The number of halogens is 2. The van der Waals surface area contributed by atoms with Crippen molar-refractivity contribution >= 4 is 33.3 Å². The maximum absolute atomic E-state index is 13.7. The summed E-state index contributed by atoms with van der Waals surface area (Å²) in [4.78, 5) is 0. The lowest BCUT2D eigenvalue weighted by Gasteiger charge is -2.12. The summed E-state index contributed by atoms with van der Waals surface area (Å²) in [6.07, 6.45) is 0.771. The molecule has 0 saturated carbocycles. The molecule has 0 unspecified atom stereocenters. The molecule has 0 spiro atoms. The Kier molecular flexibility index (Phi) is 7.46. The van der Waals surface area contributed by atoms with E-state index < -0.39 is 0 Å². The van der Waals surface area contributed by atoms with Gasteiger partial charge in [-0.3, -0.25) is 0 Å². The Morgan fingerprint density at radius 1 is 1.08 bits per heavy atom. The van der Waals surface area contributed by atoms with Crippen LogP contribution in [0, 0.1) is 5.82 Å². The zero-order valence-electron chi connectivity index (χ0n) is 14.1. The molecule has 0 aromatic heterocycles. The Morgan fingerprint density at radius 2 is 1.84 bits per heavy atom. The third-order valence-electron chi connectivity index (χ3n) is 3.59. The molecule has 25 heavy (non-hydrogen) atoms. The first-order valence-electron chi connectivity index (χ1n) is 7.70. The highest BCUT2D eigenvalue weighted by Crippen LogP contribution is 2.27. The van der Waals surface area contributed by atoms with Crippen molar-refractivity contribution in [2.24, 2.45) is 0 Å². The molecule has 0 saturated heterocycles. The molecule has 0 atom stereocenters. The Labute approximate surface area is 160 Å². The molecule has 2 aromatic rings. The second kappa shape index (κ2) is 9.58. The Hall–Kier alpha value is -1.86. The average Bonchev–Trinajstić information content (AvgIpc) is 2.62. The molecule has 2 aromatic carbocycles. The summed E-state index contributed by atoms with van der Waals surface area (Å²) in [5, 5.41) is 6.61. The number of methoxy groups -OCH3 is 2. The van der Waals surface area contributed by atoms with Gasteiger partial charge in [0.05, 0.1) is 14.2 Å². The van der Waals surface area contributed by atoms with E-state index in [1.54, 1.807) is 26.4 Å². The number of ether oxygens (including phenoxy) is 2. The minimum Gasteiger partial charge on any atom is -0.493 e. The van der Waals surface area contributed by atoms with Gasteiger partial charge in [0.1, 0.15) is 5.82 Å². The van der Waals surface area contributed by atoms with Crippen molar-refractivity contribution in [3.05, 3.63) is 57.8 Å². The number of hydrogen-bond donors (Lipinski definition) is 2. The maximum atomic E-state index is 13.7. The summed E-state index contributed by atoms with van der Waals surface area (Å²) in [7, 11) is 3.22. The van der Waals surface area contributed by atoms with Gasteiger partial charge in [-0.05, 0) is 54.5 Å². The van der Waals surface area contributed by atoms with E-state index >= 15 is 0 Å². The first-order chi connectivity index (χ1) is 12.0. The molecular formula is C18H20BrFN2O2S. The van der Waals surface area contributed by atoms with Crippen molar-refractivity contribution < 1.29 is 13.9 Å². The van der Waals surface area contributed by atoms with Gasteiger partial charge in [0.2, 0.25) is 0 Å². The van der Waals surface area contributed by atoms with Crippen LogP contribution in [-0.4, -0.2) is 25.9 Å². The predicted octanol–water partition coefficient (Wildman–Crippen LogP) is 3.81. The van der Waals surface area contributed by atoms with Crippen LogP contribution in [-0.2, 0) is 13.0 Å². The summed E-state index contributed by atoms with van der Waals surface area (Å²) >= 11 is 8.56. The molecule has 0 fully saturated rings. The Bertz CT molecular complexity index is 743. The molecule has 2 N–H and O–H groups in total. The van der Waals surface area contributed by atoms with Crippen LogP contribution in [0.4, 0.5) is 4.39 Å². The Balaban J connectivity index is 1.79. The summed E-state index contributed by atoms with van der Waals surface area (Å²) in [6.45, 7) is 0.982. The standard InChI is InChI=1S/C18H20BrFN2O2S/c1-23-16-6-3-12(9-17(16)24-2)7-8-21-18(25)22-11-13-10-14(19)4-5-15(13)20/h3-6,9-10H,7-8,11H2,1-2H3,(H2,21,22,25). The molecule has 0 aliphatic carbocycles. The lowest BCUT2D eigenvalue weighted by molar-refractivity contribution is 0.354. The number of nitrogens with one attached hydrogen (secondary N) is 2. The molecule has 0 amide bonds. The quantitative estimate of drug-likeness (QED) is 0.658. The lowest BCUT2D eigenvalue weighted by Crippen LogP contribution is -2.36. The zero-order chi connectivity index (χ0) is 18.2. The van der Waals surface area contributed by atoms with Crippen LogP contribution in [0.2, 0.25) is 0 Å². The van der Waals surface area contributed by atoms with Gasteiger partial charge in [0.25, 0.3) is 0 Å². The second-order valence-corrected chi connectivity index (χ2v) is 6.61. The van der Waals surface area contributed by atoms with Crippen LogP contribution in [0.1, 0.15) is 11.1 Å². The topological polar surface area (TPSA) is 42.5 Å². The van der Waals surface area contributed by atoms with E-state index in [-0.39, 0.29) is 5.82 Å². The minimum absolute atomic E-state index is 0.260. The minimum atomic E-state index is -0.260. The fourth-order valence-electron chi connectivity index (χ4n) is 2.27. The van der Waals surface area contributed by atoms with E-state index in [0.717, 1.165) is 16.5 Å². The fraction of sp³-hybridized carbons (Fsp3) is 0.278. The molecule has 0 radical (unpaired) electrons. The van der Waals surface area contributed by atoms with Crippen LogP contribution in [0.3, 0.4) is 0 Å². The van der Waals surface area contributed by atoms with E-state index in [4.69, 9.17) is 21.7 Å². The smallest absolute Gasteiger partial charge is 0.166 e. The number of hydrogen-bond acceptors (Lipinski definition) is 3. The molecule has 134 valence electrons. The highest BCUT2D eigenvalue weighted by molar-refractivity contribution is 9.10. The summed E-state index contributed by atoms with van der Waals surface area (Å²) in [5.41, 5.74) is 1.66. The molecule has 0 aliphatic heterocycles. The average molecular weight is 427 g/mol. The van der Waals surface area contributed by atoms with Gasteiger partial charge in [0, 0.05) is 23.1 Å². The summed E-state index contributed by atoms with van der Waals surface area (Å²) in [6, 6.07) is 10.6. The molecule has 2 rings (SSSR count). The SMILES string of the molecule is COc1ccc(CCNC(=S)NCc2cc(Br)ccc2F)cc1OC. The second-order valence-electron chi connectivity index (χ2n) is 5.28. The lowest BCUT2D eigenvalue weighted by atomic mass is 10.1. The van der Waals surface area contributed by atoms with Gasteiger partial charge >= 0.3 is 0 Å². The van der Waals surface area contributed by atoms with E-state index in [1.807, 2.05) is 18.2 Å². The molecule has 4 nitrogen and oxygen atoms in total. The van der Waals surface area contributed by atoms with Gasteiger partial charge in [0.15, 0.2) is 16.6 Å². The molecule has 7 heteroatoms. The van der Waals surface area contributed by atoms with Crippen LogP contribution in [0.5, 0.6) is 11.5 Å².